The molecule has 1 heterocycles. The molecule has 1 aliphatic heterocycles. The average molecular weight is 668 g/mol. The van der Waals surface area contributed by atoms with Crippen LogP contribution < -0.4 is 9.38 Å². The summed E-state index contributed by atoms with van der Waals surface area (Å²) in [6, 6.07) is 13.8. The fourth-order valence-corrected chi connectivity index (χ4v) is 7.40. The predicted octanol–water partition coefficient (Wildman–Crippen LogP) is 9.04. The Labute approximate surface area is 230 Å². The molecule has 36 heavy (non-hydrogen) atoms. The molecule has 2 aromatic carbocycles. The summed E-state index contributed by atoms with van der Waals surface area (Å²) in [7, 11) is 0. The van der Waals surface area contributed by atoms with Crippen molar-refractivity contribution in [2.24, 2.45) is 0 Å². The normalized spacial score (nSPS) is 19.3. The molecule has 2 nitrogen and oxygen atoms in total. The second kappa shape index (κ2) is 12.1. The summed E-state index contributed by atoms with van der Waals surface area (Å²) in [5.41, 5.74) is 8.51. The topological polar surface area (TPSA) is 3.24 Å². The number of anilines is 1. The molecule has 0 radical (unpaired) electrons. The van der Waals surface area contributed by atoms with Crippen molar-refractivity contribution < 1.29 is 19.3 Å². The quantitative estimate of drug-likeness (QED) is 0.147. The molecule has 0 amide bonds. The molecule has 0 saturated heterocycles. The maximum atomic E-state index is 6.18. The van der Waals surface area contributed by atoms with Gasteiger partial charge < -0.3 is 0 Å². The summed E-state index contributed by atoms with van der Waals surface area (Å²) in [5.74, 6) is 1.75. The molecule has 0 aliphatic carbocycles. The number of terminal acetylenes is 1. The van der Waals surface area contributed by atoms with Crippen LogP contribution in [-0.4, -0.2) is 10.5 Å². The van der Waals surface area contributed by atoms with Crippen LogP contribution in [0.5, 0.6) is 0 Å². The van der Waals surface area contributed by atoms with Crippen LogP contribution in [0.3, 0.4) is 0 Å². The van der Waals surface area contributed by atoms with Crippen molar-refractivity contribution in [2.75, 3.05) is 11.4 Å². The van der Waals surface area contributed by atoms with Gasteiger partial charge in [0.25, 0.3) is 0 Å². The van der Waals surface area contributed by atoms with Gasteiger partial charge in [0.1, 0.15) is 0 Å². The first-order chi connectivity index (χ1) is 17.1. The third-order valence-electron chi connectivity index (χ3n) is 7.25. The van der Waals surface area contributed by atoms with Crippen LogP contribution in [0.15, 0.2) is 48.8 Å². The molecule has 0 bridgehead atoms. The first-order valence-corrected chi connectivity index (χ1v) is 15.8. The monoisotopic (exact) mass is 667 g/mol. The van der Waals surface area contributed by atoms with Gasteiger partial charge in [0, 0.05) is 0 Å². The van der Waals surface area contributed by atoms with E-state index in [1.165, 1.54) is 37.6 Å². The molecule has 0 spiro atoms. The summed E-state index contributed by atoms with van der Waals surface area (Å²) in [6.07, 6.45) is 13.3. The Balaban J connectivity index is 2.41. The first-order valence-electron chi connectivity index (χ1n) is 13.6. The number of hydrogen-bond acceptors (Lipinski definition) is 1. The predicted molar refractivity (Wildman–Crippen MR) is 156 cm³/mol. The summed E-state index contributed by atoms with van der Waals surface area (Å²) >= 11 is -0.481. The number of quaternary nitrogens is 1. The number of para-hydroxylation sites is 2. The molecule has 1 atom stereocenters. The van der Waals surface area contributed by atoms with Gasteiger partial charge in [0.05, 0.1) is 0 Å². The fraction of sp³-hybridized carbons (Fsp3) is 0.485. The number of unbranched alkanes of at least 4 members (excludes halogenated alkanes) is 1. The molecule has 1 aliphatic rings. The minimum absolute atomic E-state index is 0.433. The molecular weight excluding hydrogens is 621 g/mol. The van der Waals surface area contributed by atoms with E-state index in [1.807, 2.05) is 0 Å². The molecule has 198 valence electrons. The molecule has 2 aromatic rings. The molecule has 0 saturated carbocycles. The summed E-state index contributed by atoms with van der Waals surface area (Å²) in [4.78, 5) is 2.52. The van der Waals surface area contributed by atoms with E-state index in [0.29, 0.717) is 23.7 Å². The Hall–Kier alpha value is -1.89. The van der Waals surface area contributed by atoms with Gasteiger partial charge in [0.15, 0.2) is 0 Å². The molecule has 3 rings (SSSR count). The van der Waals surface area contributed by atoms with Crippen LogP contribution in [0.4, 0.5) is 11.4 Å². The summed E-state index contributed by atoms with van der Waals surface area (Å²) < 4.78 is 5.32. The van der Waals surface area contributed by atoms with E-state index in [-0.39, 0.29) is 0 Å². The third kappa shape index (κ3) is 5.36. The van der Waals surface area contributed by atoms with Gasteiger partial charge >= 0.3 is 231 Å². The van der Waals surface area contributed by atoms with Gasteiger partial charge in [-0.05, 0) is 0 Å². The van der Waals surface area contributed by atoms with Gasteiger partial charge in [-0.15, -0.1) is 0 Å². The Kier molecular flexibility index (Phi) is 9.64. The van der Waals surface area contributed by atoms with E-state index in [0.717, 1.165) is 23.9 Å². The zero-order valence-corrected chi connectivity index (χ0v) is 26.0. The second-order valence-electron chi connectivity index (χ2n) is 11.2. The van der Waals surface area contributed by atoms with E-state index in [1.54, 1.807) is 0 Å². The van der Waals surface area contributed by atoms with E-state index >= 15 is 0 Å². The molecule has 3 heteroatoms. The van der Waals surface area contributed by atoms with Crippen LogP contribution in [0.25, 0.3) is 0 Å². The molecular formula is C33H46AuN2+. The molecule has 1 unspecified atom stereocenters. The standard InChI is InChI=1S/C31H45N2.C2H.Au/c1-10-11-19-33(31-28(24(6)7)16-13-17-29(31)25(8)9)20-18-32(21-33)30-26(22(2)3)14-12-15-27(30)23(4)5;1-2;/h12-18,20,22-25H,10-11,19H2,1-9H3;1H;/q+1;;. The van der Waals surface area contributed by atoms with Crippen molar-refractivity contribution >= 4 is 15.3 Å². The van der Waals surface area contributed by atoms with E-state index < -0.39 is 19.3 Å². The van der Waals surface area contributed by atoms with Crippen molar-refractivity contribution in [3.8, 4) is 10.6 Å². The van der Waals surface area contributed by atoms with Crippen molar-refractivity contribution in [2.45, 2.75) is 98.8 Å². The SMILES string of the molecule is C#[C]/[Au]=[C]1/N(c2c(C(C)C)cccc2C(C)C)C=C[N+]1(CCCC)c1c(C(C)C)cccc1C(C)C. The van der Waals surface area contributed by atoms with Crippen molar-refractivity contribution in [3.63, 3.8) is 0 Å². The maximum absolute atomic E-state index is 6.18. The van der Waals surface area contributed by atoms with Crippen molar-refractivity contribution in [1.82, 2.24) is 4.48 Å². The zero-order valence-electron chi connectivity index (χ0n) is 23.8. The van der Waals surface area contributed by atoms with Crippen LogP contribution in [0.2, 0.25) is 0 Å². The Bertz CT molecular complexity index is 1110. The minimum atomic E-state index is -0.481. The Morgan fingerprint density at radius 2 is 1.28 bits per heavy atom. The number of benzene rings is 2. The van der Waals surface area contributed by atoms with E-state index in [4.69, 9.17) is 6.42 Å². The van der Waals surface area contributed by atoms with Gasteiger partial charge in [-0.25, -0.2) is 0 Å². The average Bonchev–Trinajstić information content (AvgIpc) is 3.20. The fourth-order valence-electron chi connectivity index (χ4n) is 5.38. The van der Waals surface area contributed by atoms with Gasteiger partial charge in [-0.2, -0.15) is 0 Å². The van der Waals surface area contributed by atoms with Gasteiger partial charge in [-0.3, -0.25) is 0 Å². The van der Waals surface area contributed by atoms with Gasteiger partial charge in [-0.1, -0.05) is 0 Å². The van der Waals surface area contributed by atoms with E-state index in [9.17, 15) is 0 Å². The Morgan fingerprint density at radius 1 is 0.806 bits per heavy atom. The van der Waals surface area contributed by atoms with Crippen LogP contribution >= 0.6 is 0 Å². The number of hydrogen-bond donors (Lipinski definition) is 0. The van der Waals surface area contributed by atoms with Crippen LogP contribution in [-0.2, 0) is 19.3 Å². The van der Waals surface area contributed by atoms with Crippen molar-refractivity contribution in [3.05, 3.63) is 71.1 Å². The van der Waals surface area contributed by atoms with E-state index in [2.05, 4.69) is 120 Å². The summed E-state index contributed by atoms with van der Waals surface area (Å²) in [5, 5.41) is 0. The Morgan fingerprint density at radius 3 is 1.69 bits per heavy atom. The molecule has 0 fully saturated rings. The van der Waals surface area contributed by atoms with Gasteiger partial charge in [0.2, 0.25) is 0 Å². The zero-order chi connectivity index (χ0) is 26.6. The third-order valence-corrected chi connectivity index (χ3v) is 9.43. The molecule has 0 aromatic heterocycles. The number of rotatable bonds is 9. The van der Waals surface area contributed by atoms with Crippen LogP contribution in [0.1, 0.15) is 121 Å². The summed E-state index contributed by atoms with van der Waals surface area (Å²) in [6.45, 7) is 21.9. The van der Waals surface area contributed by atoms with Crippen LogP contribution in [0, 0.1) is 10.6 Å². The van der Waals surface area contributed by atoms with Crippen molar-refractivity contribution in [1.29, 1.82) is 0 Å². The number of nitrogens with zero attached hydrogens (tertiary/aromatic N) is 2. The molecule has 0 N–H and O–H groups in total. The first kappa shape index (κ1) is 28.7. The second-order valence-corrected chi connectivity index (χ2v) is 13.3.